The lowest BCUT2D eigenvalue weighted by Crippen LogP contribution is -2.37. The Morgan fingerprint density at radius 2 is 1.27 bits per heavy atom. The van der Waals surface area contributed by atoms with Crippen molar-refractivity contribution >= 4 is 16.9 Å². The molecule has 2 saturated heterocycles. The van der Waals surface area contributed by atoms with Gasteiger partial charge in [-0.25, -0.2) is 0 Å². The lowest BCUT2D eigenvalue weighted by molar-refractivity contribution is 0.115. The maximum atomic E-state index is 5.77. The van der Waals surface area contributed by atoms with Gasteiger partial charge in [0.25, 0.3) is 0 Å². The molecule has 2 aliphatic heterocycles. The van der Waals surface area contributed by atoms with E-state index in [2.05, 4.69) is 27.0 Å². The van der Waals surface area contributed by atoms with E-state index in [-0.39, 0.29) is 0 Å². The minimum Gasteiger partial charge on any atom is -0.517 e. The molecule has 0 amide bonds. The molecule has 0 radical (unpaired) electrons. The maximum Gasteiger partial charge on any atom is 0.456 e. The third-order valence-electron chi connectivity index (χ3n) is 5.75. The highest BCUT2D eigenvalue weighted by Crippen LogP contribution is 2.23. The molecule has 0 aliphatic carbocycles. The van der Waals surface area contributed by atoms with Gasteiger partial charge < -0.3 is 32.2 Å². The standard InChI is InChI=1S/C13H24O4Si.C11H24O3Si/c1-11(2)16-18(5,17-12(3)4)8-6-7-14-9-13-10-15-13;1-4-15(5-2,12-3)8-6-7-13-9-11-10-14-11/h13H,1,3,6-10H2,2,4-5H3;11H,4-10H2,1-3H3. The van der Waals surface area contributed by atoms with E-state index in [1.165, 1.54) is 18.1 Å². The van der Waals surface area contributed by atoms with Crippen LogP contribution in [0.15, 0.2) is 24.7 Å². The third kappa shape index (κ3) is 15.0. The van der Waals surface area contributed by atoms with Crippen molar-refractivity contribution in [3.63, 3.8) is 0 Å². The molecule has 7 nitrogen and oxygen atoms in total. The second-order valence-corrected chi connectivity index (χ2v) is 17.0. The topological polar surface area (TPSA) is 71.2 Å². The van der Waals surface area contributed by atoms with E-state index in [1.807, 2.05) is 27.5 Å². The molecule has 2 unspecified atom stereocenters. The summed E-state index contributed by atoms with van der Waals surface area (Å²) in [5, 5.41) is 0. The Morgan fingerprint density at radius 3 is 1.61 bits per heavy atom. The molecule has 0 saturated carbocycles. The molecular weight excluding hydrogens is 456 g/mol. The first-order valence-corrected chi connectivity index (χ1v) is 17.4. The Balaban J connectivity index is 0.000000335. The Morgan fingerprint density at radius 1 is 0.848 bits per heavy atom. The molecule has 0 bridgehead atoms. The van der Waals surface area contributed by atoms with Crippen LogP contribution in [0.2, 0.25) is 30.7 Å². The van der Waals surface area contributed by atoms with E-state index in [0.29, 0.717) is 36.9 Å². The van der Waals surface area contributed by atoms with Crippen molar-refractivity contribution in [2.45, 2.75) is 83.5 Å². The number of ether oxygens (including phenoxy) is 4. The van der Waals surface area contributed by atoms with Crippen LogP contribution in [-0.4, -0.2) is 75.8 Å². The average molecular weight is 505 g/mol. The van der Waals surface area contributed by atoms with Crippen LogP contribution in [0.4, 0.5) is 0 Å². The second-order valence-electron chi connectivity index (χ2n) is 9.10. The lowest BCUT2D eigenvalue weighted by atomic mass is 10.5. The van der Waals surface area contributed by atoms with E-state index in [4.69, 9.17) is 32.2 Å². The van der Waals surface area contributed by atoms with Crippen LogP contribution in [0.1, 0.15) is 40.5 Å². The zero-order valence-corrected chi connectivity index (χ0v) is 23.9. The quantitative estimate of drug-likeness (QED) is 0.101. The lowest BCUT2D eigenvalue weighted by Gasteiger charge is -2.28. The van der Waals surface area contributed by atoms with Crippen molar-refractivity contribution in [1.82, 2.24) is 0 Å². The molecule has 2 heterocycles. The van der Waals surface area contributed by atoms with Crippen molar-refractivity contribution in [2.24, 2.45) is 0 Å². The smallest absolute Gasteiger partial charge is 0.456 e. The van der Waals surface area contributed by atoms with Gasteiger partial charge in [-0.15, -0.1) is 0 Å². The van der Waals surface area contributed by atoms with Crippen LogP contribution in [-0.2, 0) is 32.2 Å². The molecule has 2 atom stereocenters. The molecular formula is C24H48O7Si2. The maximum absolute atomic E-state index is 5.77. The molecule has 2 aliphatic rings. The highest BCUT2D eigenvalue weighted by molar-refractivity contribution is 6.73. The van der Waals surface area contributed by atoms with E-state index >= 15 is 0 Å². The first kappa shape index (κ1) is 30.3. The van der Waals surface area contributed by atoms with Crippen molar-refractivity contribution in [3.05, 3.63) is 24.7 Å². The zero-order chi connectivity index (χ0) is 24.7. The van der Waals surface area contributed by atoms with Gasteiger partial charge in [-0.3, -0.25) is 0 Å². The van der Waals surface area contributed by atoms with Gasteiger partial charge in [0.15, 0.2) is 8.32 Å². The van der Waals surface area contributed by atoms with Crippen LogP contribution in [0.3, 0.4) is 0 Å². The minimum absolute atomic E-state index is 0.326. The van der Waals surface area contributed by atoms with Crippen LogP contribution >= 0.6 is 0 Å². The molecule has 2 rings (SSSR count). The highest BCUT2D eigenvalue weighted by atomic mass is 28.4. The van der Waals surface area contributed by atoms with Crippen LogP contribution in [0, 0.1) is 0 Å². The van der Waals surface area contributed by atoms with Gasteiger partial charge in [0.1, 0.15) is 12.2 Å². The highest BCUT2D eigenvalue weighted by Gasteiger charge is 2.35. The average Bonchev–Trinajstić information content (AvgIpc) is 3.66. The Hall–Kier alpha value is -0.686. The van der Waals surface area contributed by atoms with Gasteiger partial charge >= 0.3 is 8.56 Å². The SMILES string of the molecule is C=C(C)O[Si](C)(CCCOCC1CO1)OC(=C)C.CC[Si](CC)(CCCOCC1CO1)OC. The fraction of sp³-hybridized carbons (Fsp3) is 0.833. The summed E-state index contributed by atoms with van der Waals surface area (Å²) < 4.78 is 38.5. The summed E-state index contributed by atoms with van der Waals surface area (Å²) in [4.78, 5) is 0. The molecule has 194 valence electrons. The number of hydrogen-bond acceptors (Lipinski definition) is 7. The third-order valence-corrected chi connectivity index (χ3v) is 13.3. The Bertz CT molecular complexity index is 537. The van der Waals surface area contributed by atoms with Gasteiger partial charge in [0, 0.05) is 32.9 Å². The molecule has 0 aromatic rings. The van der Waals surface area contributed by atoms with Gasteiger partial charge in [0.05, 0.1) is 37.9 Å². The van der Waals surface area contributed by atoms with Gasteiger partial charge in [-0.05, 0) is 44.8 Å². The molecule has 2 fully saturated rings. The molecule has 0 N–H and O–H groups in total. The van der Waals surface area contributed by atoms with Gasteiger partial charge in [-0.1, -0.05) is 27.0 Å². The van der Waals surface area contributed by atoms with E-state index < -0.39 is 16.9 Å². The summed E-state index contributed by atoms with van der Waals surface area (Å²) in [6.07, 6.45) is 2.77. The summed E-state index contributed by atoms with van der Waals surface area (Å²) in [6.45, 7) is 22.5. The van der Waals surface area contributed by atoms with E-state index in [1.54, 1.807) is 0 Å². The second kappa shape index (κ2) is 16.1. The van der Waals surface area contributed by atoms with E-state index in [9.17, 15) is 0 Å². The molecule has 9 heteroatoms. The summed E-state index contributed by atoms with van der Waals surface area (Å²) in [6, 6.07) is 4.51. The number of rotatable bonds is 19. The van der Waals surface area contributed by atoms with Crippen LogP contribution < -0.4 is 0 Å². The summed E-state index contributed by atoms with van der Waals surface area (Å²) >= 11 is 0. The molecule has 0 spiro atoms. The number of allylic oxidation sites excluding steroid dienone is 2. The largest absolute Gasteiger partial charge is 0.517 e. The minimum atomic E-state index is -2.25. The molecule has 33 heavy (non-hydrogen) atoms. The van der Waals surface area contributed by atoms with E-state index in [0.717, 1.165) is 45.3 Å². The first-order valence-electron chi connectivity index (χ1n) is 12.3. The van der Waals surface area contributed by atoms with Gasteiger partial charge in [0.2, 0.25) is 0 Å². The predicted octanol–water partition coefficient (Wildman–Crippen LogP) is 5.39. The molecule has 0 aromatic heterocycles. The molecule has 0 aromatic carbocycles. The van der Waals surface area contributed by atoms with Crippen molar-refractivity contribution < 1.29 is 32.2 Å². The summed E-state index contributed by atoms with van der Waals surface area (Å²) in [5.41, 5.74) is 0. The fourth-order valence-electron chi connectivity index (χ4n) is 3.60. The monoisotopic (exact) mass is 504 g/mol. The summed E-state index contributed by atoms with van der Waals surface area (Å²) in [5.74, 6) is 1.38. The van der Waals surface area contributed by atoms with Crippen molar-refractivity contribution in [2.75, 3.05) is 46.8 Å². The van der Waals surface area contributed by atoms with Crippen molar-refractivity contribution in [1.29, 1.82) is 0 Å². The number of epoxide rings is 2. The predicted molar refractivity (Wildman–Crippen MR) is 137 cm³/mol. The van der Waals surface area contributed by atoms with Crippen molar-refractivity contribution in [3.8, 4) is 0 Å². The number of hydrogen-bond donors (Lipinski definition) is 0. The van der Waals surface area contributed by atoms with Crippen LogP contribution in [0.25, 0.3) is 0 Å². The Kier molecular flexibility index (Phi) is 14.8. The first-order chi connectivity index (χ1) is 15.7. The fourth-order valence-corrected chi connectivity index (χ4v) is 8.89. The van der Waals surface area contributed by atoms with Crippen LogP contribution in [0.5, 0.6) is 0 Å². The zero-order valence-electron chi connectivity index (χ0n) is 21.9. The Labute approximate surface area is 204 Å². The summed E-state index contributed by atoms with van der Waals surface area (Å²) in [7, 11) is -1.76. The normalized spacial score (nSPS) is 19.3. The van der Waals surface area contributed by atoms with Gasteiger partial charge in [-0.2, -0.15) is 0 Å².